The summed E-state index contributed by atoms with van der Waals surface area (Å²) in [5.74, 6) is -1.08. The topological polar surface area (TPSA) is 133 Å². The number of carboxylic acid groups (broad SMARTS) is 1. The van der Waals surface area contributed by atoms with Crippen molar-refractivity contribution in [2.75, 3.05) is 18.5 Å². The van der Waals surface area contributed by atoms with E-state index in [9.17, 15) is 19.5 Å². The summed E-state index contributed by atoms with van der Waals surface area (Å²) < 4.78 is 13.4. The van der Waals surface area contributed by atoms with Crippen LogP contribution in [-0.4, -0.2) is 46.4 Å². The number of anilines is 1. The lowest BCUT2D eigenvalue weighted by atomic mass is 9.86. The van der Waals surface area contributed by atoms with Gasteiger partial charge in [-0.3, -0.25) is 14.4 Å². The van der Waals surface area contributed by atoms with Crippen LogP contribution < -0.4 is 21.3 Å². The van der Waals surface area contributed by atoms with Crippen LogP contribution in [0.4, 0.5) is 5.69 Å². The number of pyridine rings is 1. The number of hydrogen-bond donors (Lipinski definition) is 3. The number of fused-ring (bicyclic) bond motifs is 2. The smallest absolute Gasteiger partial charge is 0.318 e. The highest BCUT2D eigenvalue weighted by molar-refractivity contribution is 6.37. The van der Waals surface area contributed by atoms with Gasteiger partial charge in [-0.1, -0.05) is 41.9 Å². The Labute approximate surface area is 253 Å². The van der Waals surface area contributed by atoms with Gasteiger partial charge in [-0.05, 0) is 68.0 Å². The molecule has 0 radical (unpaired) electrons. The maximum absolute atomic E-state index is 14.3. The van der Waals surface area contributed by atoms with Crippen LogP contribution in [0.1, 0.15) is 43.2 Å². The molecule has 2 unspecified atom stereocenters. The van der Waals surface area contributed by atoms with E-state index in [1.54, 1.807) is 61.6 Å². The van der Waals surface area contributed by atoms with E-state index in [1.165, 1.54) is 4.57 Å². The maximum Gasteiger partial charge on any atom is 0.318 e. The molecule has 1 amide bonds. The molecule has 222 valence electrons. The first-order chi connectivity index (χ1) is 20.3. The lowest BCUT2D eigenvalue weighted by Gasteiger charge is -2.28. The van der Waals surface area contributed by atoms with Gasteiger partial charge in [0.15, 0.2) is 0 Å². The molecule has 6 rings (SSSR count). The van der Waals surface area contributed by atoms with Crippen molar-refractivity contribution in [3.05, 3.63) is 81.2 Å². The molecule has 1 saturated carbocycles. The molecule has 4 N–H and O–H groups in total. The van der Waals surface area contributed by atoms with Gasteiger partial charge in [-0.2, -0.15) is 0 Å². The van der Waals surface area contributed by atoms with Crippen molar-refractivity contribution in [3.63, 3.8) is 0 Å². The van der Waals surface area contributed by atoms with Crippen molar-refractivity contribution in [2.24, 2.45) is 12.8 Å². The average molecular weight is 602 g/mol. The first kappa shape index (κ1) is 28.8. The summed E-state index contributed by atoms with van der Waals surface area (Å²) in [5.41, 5.74) is 6.57. The zero-order chi connectivity index (χ0) is 30.8. The lowest BCUT2D eigenvalue weighted by molar-refractivity contribution is -0.142. The molecular weight excluding hydrogens is 570 g/mol. The minimum absolute atomic E-state index is 0.190. The minimum Gasteiger partial charge on any atom is -0.490 e. The fourth-order valence-corrected chi connectivity index (χ4v) is 6.50. The van der Waals surface area contributed by atoms with Crippen LogP contribution in [0.15, 0.2) is 59.4 Å². The Balaban J connectivity index is 1.73. The number of nitrogens with zero attached hydrogens (tertiary/aromatic N) is 1. The molecule has 2 aliphatic rings. The summed E-state index contributed by atoms with van der Waals surface area (Å²) in [5, 5.41) is 15.3. The number of halogens is 1. The van der Waals surface area contributed by atoms with Crippen LogP contribution in [-0.2, 0) is 22.0 Å². The Morgan fingerprint density at radius 1 is 1.14 bits per heavy atom. The van der Waals surface area contributed by atoms with Crippen LogP contribution in [0.5, 0.6) is 5.75 Å². The molecule has 0 spiro atoms. The van der Waals surface area contributed by atoms with Crippen LogP contribution in [0.25, 0.3) is 33.0 Å². The predicted molar refractivity (Wildman–Crippen MR) is 166 cm³/mol. The molecule has 9 nitrogen and oxygen atoms in total. The van der Waals surface area contributed by atoms with Crippen LogP contribution in [0, 0.1) is 0 Å². The number of nitrogens with one attached hydrogen (secondary N) is 1. The standard InChI is InChI=1S/C33H32ClN3O6/c1-32(2,3)43-23-16-33(23,31(40)41)28-24(21-11-12-22-27(26(21)34)36-13-14-42-22)20-10-6-9-19(25(20)30(39)37(28)4)17-7-5-8-18(15-17)29(35)38/h5-12,15,23,36H,13-14,16H2,1-4H3,(H2,35,38)(H,40,41). The highest BCUT2D eigenvalue weighted by atomic mass is 35.5. The van der Waals surface area contributed by atoms with Crippen molar-refractivity contribution in [1.82, 2.24) is 4.57 Å². The fourth-order valence-electron chi connectivity index (χ4n) is 6.18. The highest BCUT2D eigenvalue weighted by Crippen LogP contribution is 2.56. The minimum atomic E-state index is -1.49. The number of carbonyl (C=O) groups excluding carboxylic acids is 1. The van der Waals surface area contributed by atoms with Gasteiger partial charge in [0.25, 0.3) is 5.56 Å². The molecule has 4 aromatic rings. The zero-order valence-corrected chi connectivity index (χ0v) is 25.0. The molecule has 0 saturated heterocycles. The first-order valence-corrected chi connectivity index (χ1v) is 14.4. The second-order valence-corrected chi connectivity index (χ2v) is 12.4. The summed E-state index contributed by atoms with van der Waals surface area (Å²) in [6, 6.07) is 15.8. The quantitative estimate of drug-likeness (QED) is 0.272. The molecule has 1 aromatic heterocycles. The molecule has 3 aromatic carbocycles. The van der Waals surface area contributed by atoms with Crippen molar-refractivity contribution in [1.29, 1.82) is 0 Å². The first-order valence-electron chi connectivity index (χ1n) is 14.0. The molecule has 10 heteroatoms. The van der Waals surface area contributed by atoms with E-state index in [4.69, 9.17) is 26.8 Å². The Morgan fingerprint density at radius 2 is 1.88 bits per heavy atom. The molecule has 0 bridgehead atoms. The SMILES string of the molecule is Cn1c(C2(C(=O)O)CC2OC(C)(C)C)c(-c2ccc3c(c2Cl)NCCO3)c2cccc(-c3cccc(C(N)=O)c3)c2c1=O. The summed E-state index contributed by atoms with van der Waals surface area (Å²) in [4.78, 5) is 39.5. The van der Waals surface area contributed by atoms with Crippen molar-refractivity contribution in [3.8, 4) is 28.0 Å². The maximum atomic E-state index is 14.3. The monoisotopic (exact) mass is 601 g/mol. The number of amides is 1. The Morgan fingerprint density at radius 3 is 2.58 bits per heavy atom. The number of carboxylic acids is 1. The average Bonchev–Trinajstić information content (AvgIpc) is 3.67. The van der Waals surface area contributed by atoms with Gasteiger partial charge in [-0.15, -0.1) is 0 Å². The second kappa shape index (κ2) is 10.1. The predicted octanol–water partition coefficient (Wildman–Crippen LogP) is 5.34. The van der Waals surface area contributed by atoms with Crippen molar-refractivity contribution < 1.29 is 24.2 Å². The normalized spacial score (nSPS) is 19.3. The third-order valence-electron chi connectivity index (χ3n) is 8.11. The third-order valence-corrected chi connectivity index (χ3v) is 8.51. The summed E-state index contributed by atoms with van der Waals surface area (Å²) in [7, 11) is 1.59. The highest BCUT2D eigenvalue weighted by Gasteiger charge is 2.66. The Kier molecular flexibility index (Phi) is 6.78. The van der Waals surface area contributed by atoms with Gasteiger partial charge in [0.1, 0.15) is 17.8 Å². The van der Waals surface area contributed by atoms with Crippen LogP contribution >= 0.6 is 11.6 Å². The number of benzene rings is 3. The summed E-state index contributed by atoms with van der Waals surface area (Å²) in [6.07, 6.45) is -0.476. The van der Waals surface area contributed by atoms with Gasteiger partial charge in [-0.25, -0.2) is 0 Å². The van der Waals surface area contributed by atoms with Crippen LogP contribution in [0.2, 0.25) is 5.02 Å². The summed E-state index contributed by atoms with van der Waals surface area (Å²) in [6.45, 7) is 6.65. The Hall–Kier alpha value is -4.34. The van der Waals surface area contributed by atoms with Crippen molar-refractivity contribution >= 4 is 39.9 Å². The number of carbonyl (C=O) groups is 2. The molecule has 1 fully saturated rings. The number of primary amides is 1. The number of aromatic nitrogens is 1. The van der Waals surface area contributed by atoms with Gasteiger partial charge >= 0.3 is 5.97 Å². The van der Waals surface area contributed by atoms with E-state index >= 15 is 0 Å². The van der Waals surface area contributed by atoms with E-state index in [0.29, 0.717) is 73.9 Å². The number of hydrogen-bond acceptors (Lipinski definition) is 6. The largest absolute Gasteiger partial charge is 0.490 e. The Bertz CT molecular complexity index is 1890. The zero-order valence-electron chi connectivity index (χ0n) is 24.3. The van der Waals surface area contributed by atoms with Gasteiger partial charge in [0.2, 0.25) is 5.91 Å². The number of aliphatic carboxylic acids is 1. The lowest BCUT2D eigenvalue weighted by Crippen LogP contribution is -2.36. The fraction of sp³-hybridized carbons (Fsp3) is 0.303. The molecule has 2 heterocycles. The van der Waals surface area contributed by atoms with E-state index < -0.39 is 29.0 Å². The van der Waals surface area contributed by atoms with Gasteiger partial charge in [0, 0.05) is 36.0 Å². The molecule has 1 aliphatic heterocycles. The van der Waals surface area contributed by atoms with E-state index in [1.807, 2.05) is 20.8 Å². The third kappa shape index (κ3) is 4.63. The number of ether oxygens (including phenoxy) is 2. The number of rotatable bonds is 6. The van der Waals surface area contributed by atoms with E-state index in [0.717, 1.165) is 0 Å². The van der Waals surface area contributed by atoms with Gasteiger partial charge in [0.05, 0.1) is 27.8 Å². The van der Waals surface area contributed by atoms with E-state index in [2.05, 4.69) is 5.32 Å². The summed E-state index contributed by atoms with van der Waals surface area (Å²) >= 11 is 7.07. The van der Waals surface area contributed by atoms with Crippen molar-refractivity contribution in [2.45, 2.75) is 44.3 Å². The molecule has 2 atom stereocenters. The van der Waals surface area contributed by atoms with Crippen LogP contribution in [0.3, 0.4) is 0 Å². The molecule has 43 heavy (non-hydrogen) atoms. The molecular formula is C33H32ClN3O6. The molecule has 1 aliphatic carbocycles. The second-order valence-electron chi connectivity index (χ2n) is 12.0. The van der Waals surface area contributed by atoms with E-state index in [-0.39, 0.29) is 12.0 Å². The van der Waals surface area contributed by atoms with Gasteiger partial charge < -0.3 is 30.2 Å². The number of nitrogens with two attached hydrogens (primary N) is 1.